The fourth-order valence-corrected chi connectivity index (χ4v) is 1.89. The average Bonchev–Trinajstić information content (AvgIpc) is 2.93. The Labute approximate surface area is 105 Å². The summed E-state index contributed by atoms with van der Waals surface area (Å²) in [6.45, 7) is 0. The number of nitrogens with zero attached hydrogens (tertiary/aromatic N) is 1. The molecule has 0 atom stereocenters. The van der Waals surface area contributed by atoms with Crippen molar-refractivity contribution in [1.29, 1.82) is 0 Å². The van der Waals surface area contributed by atoms with E-state index in [4.69, 9.17) is 16.0 Å². The number of aromatic nitrogens is 2. The van der Waals surface area contributed by atoms with Gasteiger partial charge in [0.2, 0.25) is 5.89 Å². The molecule has 3 rings (SSSR count). The van der Waals surface area contributed by atoms with Crippen molar-refractivity contribution in [2.24, 2.45) is 0 Å². The topological polar surface area (TPSA) is 41.8 Å². The standard InChI is InChI=1S/C12H7ClF2N2O/c13-4-7-5-18-12(16-7)11-3-8-9(15)1-6(14)2-10(8)17-11/h1-3,5,17H,4H2. The molecule has 6 heteroatoms. The van der Waals surface area contributed by atoms with Crippen LogP contribution in [0.2, 0.25) is 0 Å². The molecule has 3 nitrogen and oxygen atoms in total. The summed E-state index contributed by atoms with van der Waals surface area (Å²) in [6, 6.07) is 3.57. The Morgan fingerprint density at radius 3 is 2.83 bits per heavy atom. The van der Waals surface area contributed by atoms with Crippen LogP contribution in [0.15, 0.2) is 28.9 Å². The average molecular weight is 269 g/mol. The zero-order chi connectivity index (χ0) is 12.7. The van der Waals surface area contributed by atoms with E-state index >= 15 is 0 Å². The molecule has 92 valence electrons. The number of alkyl halides is 1. The Balaban J connectivity index is 2.16. The first-order chi connectivity index (χ1) is 8.67. The molecule has 2 aromatic heterocycles. The van der Waals surface area contributed by atoms with E-state index in [1.807, 2.05) is 0 Å². The molecular weight excluding hydrogens is 262 g/mol. The Morgan fingerprint density at radius 2 is 2.11 bits per heavy atom. The summed E-state index contributed by atoms with van der Waals surface area (Å²) in [4.78, 5) is 6.95. The third-order valence-electron chi connectivity index (χ3n) is 2.57. The monoisotopic (exact) mass is 268 g/mol. The van der Waals surface area contributed by atoms with E-state index < -0.39 is 11.6 Å². The largest absolute Gasteiger partial charge is 0.443 e. The number of hydrogen-bond acceptors (Lipinski definition) is 2. The van der Waals surface area contributed by atoms with Crippen LogP contribution in [0.4, 0.5) is 8.78 Å². The van der Waals surface area contributed by atoms with Crippen molar-refractivity contribution >= 4 is 22.5 Å². The molecular formula is C12H7ClF2N2O. The molecule has 0 aliphatic carbocycles. The minimum absolute atomic E-state index is 0.229. The second-order valence-electron chi connectivity index (χ2n) is 3.81. The quantitative estimate of drug-likeness (QED) is 0.718. The van der Waals surface area contributed by atoms with Crippen LogP contribution >= 0.6 is 11.6 Å². The second kappa shape index (κ2) is 4.10. The third kappa shape index (κ3) is 1.76. The second-order valence-corrected chi connectivity index (χ2v) is 4.08. The van der Waals surface area contributed by atoms with Crippen LogP contribution in [0.1, 0.15) is 5.69 Å². The Morgan fingerprint density at radius 1 is 1.28 bits per heavy atom. The molecule has 1 aromatic carbocycles. The first kappa shape index (κ1) is 11.2. The Kier molecular flexibility index (Phi) is 2.56. The maximum absolute atomic E-state index is 13.5. The van der Waals surface area contributed by atoms with Gasteiger partial charge >= 0.3 is 0 Å². The number of halogens is 3. The molecule has 0 spiro atoms. The van der Waals surface area contributed by atoms with Gasteiger partial charge in [0.15, 0.2) is 0 Å². The molecule has 0 unspecified atom stereocenters. The maximum Gasteiger partial charge on any atom is 0.243 e. The number of H-pyrrole nitrogens is 1. The number of aromatic amines is 1. The van der Waals surface area contributed by atoms with Crippen LogP contribution in [0.5, 0.6) is 0 Å². The lowest BCUT2D eigenvalue weighted by Crippen LogP contribution is -1.80. The molecule has 3 aromatic rings. The van der Waals surface area contributed by atoms with Crippen LogP contribution in [0.25, 0.3) is 22.5 Å². The van der Waals surface area contributed by atoms with Crippen LogP contribution in [-0.2, 0) is 5.88 Å². The highest BCUT2D eigenvalue weighted by molar-refractivity contribution is 6.16. The predicted molar refractivity (Wildman–Crippen MR) is 63.3 cm³/mol. The van der Waals surface area contributed by atoms with Crippen LogP contribution in [-0.4, -0.2) is 9.97 Å². The summed E-state index contributed by atoms with van der Waals surface area (Å²) >= 11 is 5.61. The van der Waals surface area contributed by atoms with E-state index in [2.05, 4.69) is 9.97 Å². The number of benzene rings is 1. The van der Waals surface area contributed by atoms with Gasteiger partial charge in [-0.05, 0) is 12.1 Å². The lowest BCUT2D eigenvalue weighted by Gasteiger charge is -1.91. The van der Waals surface area contributed by atoms with Crippen molar-refractivity contribution in [3.8, 4) is 11.6 Å². The number of fused-ring (bicyclic) bond motifs is 1. The van der Waals surface area contributed by atoms with E-state index in [0.717, 1.165) is 6.07 Å². The van der Waals surface area contributed by atoms with E-state index in [0.29, 0.717) is 22.8 Å². The van der Waals surface area contributed by atoms with Crippen molar-refractivity contribution in [3.63, 3.8) is 0 Å². The van der Waals surface area contributed by atoms with Crippen LogP contribution < -0.4 is 0 Å². The van der Waals surface area contributed by atoms with Gasteiger partial charge in [-0.2, -0.15) is 0 Å². The third-order valence-corrected chi connectivity index (χ3v) is 2.85. The van der Waals surface area contributed by atoms with Gasteiger partial charge in [0.1, 0.15) is 23.6 Å². The van der Waals surface area contributed by atoms with Gasteiger partial charge < -0.3 is 9.40 Å². The first-order valence-corrected chi connectivity index (χ1v) is 5.69. The number of hydrogen-bond donors (Lipinski definition) is 1. The molecule has 0 aliphatic rings. The summed E-state index contributed by atoms with van der Waals surface area (Å²) in [6.07, 6.45) is 1.42. The smallest absolute Gasteiger partial charge is 0.243 e. The Bertz CT molecular complexity index is 720. The van der Waals surface area contributed by atoms with Gasteiger partial charge in [0.05, 0.1) is 17.1 Å². The van der Waals surface area contributed by atoms with Gasteiger partial charge in [-0.15, -0.1) is 11.6 Å². The van der Waals surface area contributed by atoms with Gasteiger partial charge in [-0.1, -0.05) is 0 Å². The molecule has 0 amide bonds. The van der Waals surface area contributed by atoms with Crippen molar-refractivity contribution in [2.45, 2.75) is 5.88 Å². The van der Waals surface area contributed by atoms with E-state index in [9.17, 15) is 8.78 Å². The fraction of sp³-hybridized carbons (Fsp3) is 0.0833. The summed E-state index contributed by atoms with van der Waals surface area (Å²) in [7, 11) is 0. The van der Waals surface area contributed by atoms with Crippen molar-refractivity contribution in [1.82, 2.24) is 9.97 Å². The van der Waals surface area contributed by atoms with Crippen LogP contribution in [0.3, 0.4) is 0 Å². The molecule has 0 saturated heterocycles. The molecule has 0 bridgehead atoms. The SMILES string of the molecule is Fc1cc(F)c2cc(-c3nc(CCl)co3)[nH]c2c1. The van der Waals surface area contributed by atoms with Crippen LogP contribution in [0, 0.1) is 11.6 Å². The van der Waals surface area contributed by atoms with Gasteiger partial charge in [-0.25, -0.2) is 13.8 Å². The molecule has 0 saturated carbocycles. The van der Waals surface area contributed by atoms with Gasteiger partial charge in [-0.3, -0.25) is 0 Å². The minimum atomic E-state index is -0.637. The van der Waals surface area contributed by atoms with E-state index in [1.54, 1.807) is 0 Å². The fourth-order valence-electron chi connectivity index (χ4n) is 1.77. The molecule has 18 heavy (non-hydrogen) atoms. The molecule has 1 N–H and O–H groups in total. The highest BCUT2D eigenvalue weighted by Gasteiger charge is 2.12. The molecule has 2 heterocycles. The minimum Gasteiger partial charge on any atom is -0.443 e. The molecule has 0 radical (unpaired) electrons. The van der Waals surface area contributed by atoms with E-state index in [-0.39, 0.29) is 11.3 Å². The lowest BCUT2D eigenvalue weighted by atomic mass is 10.2. The lowest BCUT2D eigenvalue weighted by molar-refractivity contribution is 0.571. The van der Waals surface area contributed by atoms with E-state index in [1.165, 1.54) is 18.4 Å². The van der Waals surface area contributed by atoms with Crippen molar-refractivity contribution < 1.29 is 13.2 Å². The summed E-state index contributed by atoms with van der Waals surface area (Å²) in [5, 5.41) is 0.289. The highest BCUT2D eigenvalue weighted by atomic mass is 35.5. The zero-order valence-corrected chi connectivity index (χ0v) is 9.76. The van der Waals surface area contributed by atoms with Gasteiger partial charge in [0.25, 0.3) is 0 Å². The number of oxazole rings is 1. The number of rotatable bonds is 2. The van der Waals surface area contributed by atoms with Crippen molar-refractivity contribution in [3.05, 3.63) is 41.8 Å². The maximum atomic E-state index is 13.5. The van der Waals surface area contributed by atoms with Gasteiger partial charge in [0, 0.05) is 11.5 Å². The summed E-state index contributed by atoms with van der Waals surface area (Å²) in [5.74, 6) is -0.743. The first-order valence-electron chi connectivity index (χ1n) is 5.16. The summed E-state index contributed by atoms with van der Waals surface area (Å²) in [5.41, 5.74) is 1.41. The highest BCUT2D eigenvalue weighted by Crippen LogP contribution is 2.26. The van der Waals surface area contributed by atoms with Crippen molar-refractivity contribution in [2.75, 3.05) is 0 Å². The molecule has 0 fully saturated rings. The zero-order valence-electron chi connectivity index (χ0n) is 9.01. The number of nitrogens with one attached hydrogen (secondary N) is 1. The Hall–Kier alpha value is -1.88. The summed E-state index contributed by atoms with van der Waals surface area (Å²) < 4.78 is 31.8. The predicted octanol–water partition coefficient (Wildman–Crippen LogP) is 3.84. The normalized spacial score (nSPS) is 11.3. The molecule has 0 aliphatic heterocycles.